The fourth-order valence-corrected chi connectivity index (χ4v) is 2.01. The molecule has 2 aromatic rings. The number of rotatable bonds is 2. The summed E-state index contributed by atoms with van der Waals surface area (Å²) in [6.45, 7) is 1.92. The van der Waals surface area contributed by atoms with Crippen molar-refractivity contribution >= 4 is 33.0 Å². The van der Waals surface area contributed by atoms with Crippen molar-refractivity contribution in [1.82, 2.24) is 0 Å². The van der Waals surface area contributed by atoms with E-state index in [2.05, 4.69) is 21.2 Å². The maximum Gasteiger partial charge on any atom is 0.139 e. The van der Waals surface area contributed by atoms with Gasteiger partial charge < -0.3 is 11.1 Å². The van der Waals surface area contributed by atoms with Gasteiger partial charge in [-0.2, -0.15) is 0 Å². The van der Waals surface area contributed by atoms with Crippen LogP contribution < -0.4 is 11.1 Å². The van der Waals surface area contributed by atoms with Crippen molar-refractivity contribution in [1.29, 1.82) is 0 Å². The standard InChI is InChI=1S/C13H12BrFN2/c1-8-5-11(14)12(15)7-13(8)17-10-4-2-3-9(16)6-10/h2-7,17H,16H2,1H3. The first kappa shape index (κ1) is 11.9. The molecule has 0 saturated carbocycles. The zero-order valence-electron chi connectivity index (χ0n) is 9.30. The van der Waals surface area contributed by atoms with Gasteiger partial charge in [0.25, 0.3) is 0 Å². The van der Waals surface area contributed by atoms with Crippen molar-refractivity contribution in [3.8, 4) is 0 Å². The summed E-state index contributed by atoms with van der Waals surface area (Å²) < 4.78 is 13.9. The summed E-state index contributed by atoms with van der Waals surface area (Å²) in [5, 5.41) is 3.14. The minimum Gasteiger partial charge on any atom is -0.399 e. The van der Waals surface area contributed by atoms with Gasteiger partial charge in [-0.3, -0.25) is 0 Å². The molecule has 0 amide bonds. The number of nitrogens with one attached hydrogen (secondary N) is 1. The van der Waals surface area contributed by atoms with Crippen LogP contribution in [0.2, 0.25) is 0 Å². The van der Waals surface area contributed by atoms with Crippen LogP contribution in [0.15, 0.2) is 40.9 Å². The Hall–Kier alpha value is -1.55. The molecule has 2 rings (SSSR count). The molecule has 0 bridgehead atoms. The maximum atomic E-state index is 13.4. The van der Waals surface area contributed by atoms with Crippen molar-refractivity contribution in [2.45, 2.75) is 6.92 Å². The number of aryl methyl sites for hydroxylation is 1. The van der Waals surface area contributed by atoms with Gasteiger partial charge >= 0.3 is 0 Å². The second-order valence-electron chi connectivity index (χ2n) is 3.83. The largest absolute Gasteiger partial charge is 0.399 e. The Labute approximate surface area is 108 Å². The summed E-state index contributed by atoms with van der Waals surface area (Å²) in [4.78, 5) is 0. The molecule has 0 saturated heterocycles. The predicted octanol–water partition coefficient (Wildman–Crippen LogP) is 4.22. The number of benzene rings is 2. The van der Waals surface area contributed by atoms with Crippen LogP contribution in [0, 0.1) is 12.7 Å². The average molecular weight is 295 g/mol. The fraction of sp³-hybridized carbons (Fsp3) is 0.0769. The lowest BCUT2D eigenvalue weighted by molar-refractivity contribution is 0.621. The Balaban J connectivity index is 2.33. The van der Waals surface area contributed by atoms with Gasteiger partial charge in [0.15, 0.2) is 0 Å². The van der Waals surface area contributed by atoms with E-state index >= 15 is 0 Å². The topological polar surface area (TPSA) is 38.0 Å². The highest BCUT2D eigenvalue weighted by Crippen LogP contribution is 2.27. The first-order chi connectivity index (χ1) is 8.06. The number of hydrogen-bond acceptors (Lipinski definition) is 2. The predicted molar refractivity (Wildman–Crippen MR) is 73.0 cm³/mol. The van der Waals surface area contributed by atoms with Crippen LogP contribution in [0.3, 0.4) is 0 Å². The Morgan fingerprint density at radius 1 is 1.24 bits per heavy atom. The molecule has 2 aromatic carbocycles. The van der Waals surface area contributed by atoms with Gasteiger partial charge in [-0.1, -0.05) is 6.07 Å². The van der Waals surface area contributed by atoms with E-state index in [1.807, 2.05) is 19.1 Å². The number of nitrogens with two attached hydrogens (primary N) is 1. The molecule has 0 atom stereocenters. The van der Waals surface area contributed by atoms with Gasteiger partial charge in [0, 0.05) is 17.1 Å². The second kappa shape index (κ2) is 4.75. The van der Waals surface area contributed by atoms with E-state index in [0.717, 1.165) is 16.9 Å². The van der Waals surface area contributed by atoms with E-state index in [-0.39, 0.29) is 5.82 Å². The third-order valence-electron chi connectivity index (χ3n) is 2.43. The second-order valence-corrected chi connectivity index (χ2v) is 4.69. The Kier molecular flexibility index (Phi) is 3.33. The van der Waals surface area contributed by atoms with E-state index in [0.29, 0.717) is 10.2 Å². The smallest absolute Gasteiger partial charge is 0.139 e. The Morgan fingerprint density at radius 3 is 2.71 bits per heavy atom. The molecular weight excluding hydrogens is 283 g/mol. The van der Waals surface area contributed by atoms with Crippen molar-refractivity contribution < 1.29 is 4.39 Å². The van der Waals surface area contributed by atoms with Gasteiger partial charge in [0.05, 0.1) is 4.47 Å². The molecule has 0 fully saturated rings. The van der Waals surface area contributed by atoms with Crippen molar-refractivity contribution in [3.05, 3.63) is 52.3 Å². The third-order valence-corrected chi connectivity index (χ3v) is 3.04. The lowest BCUT2D eigenvalue weighted by Gasteiger charge is -2.11. The summed E-state index contributed by atoms with van der Waals surface area (Å²) in [7, 11) is 0. The first-order valence-corrected chi connectivity index (χ1v) is 5.94. The lowest BCUT2D eigenvalue weighted by Crippen LogP contribution is -1.95. The monoisotopic (exact) mass is 294 g/mol. The molecule has 4 heteroatoms. The minimum atomic E-state index is -0.290. The summed E-state index contributed by atoms with van der Waals surface area (Å²) >= 11 is 3.15. The van der Waals surface area contributed by atoms with Gasteiger partial charge in [-0.05, 0) is 58.7 Å². The molecule has 17 heavy (non-hydrogen) atoms. The van der Waals surface area contributed by atoms with Crippen molar-refractivity contribution in [2.75, 3.05) is 11.1 Å². The number of hydrogen-bond donors (Lipinski definition) is 2. The van der Waals surface area contributed by atoms with E-state index in [1.165, 1.54) is 6.07 Å². The lowest BCUT2D eigenvalue weighted by atomic mass is 10.2. The molecule has 0 aromatic heterocycles. The zero-order chi connectivity index (χ0) is 12.4. The van der Waals surface area contributed by atoms with Crippen molar-refractivity contribution in [3.63, 3.8) is 0 Å². The Bertz CT molecular complexity index is 555. The van der Waals surface area contributed by atoms with E-state index < -0.39 is 0 Å². The molecule has 88 valence electrons. The van der Waals surface area contributed by atoms with Crippen LogP contribution in [-0.4, -0.2) is 0 Å². The highest BCUT2D eigenvalue weighted by atomic mass is 79.9. The molecule has 0 aliphatic carbocycles. The van der Waals surface area contributed by atoms with Gasteiger partial charge in [-0.15, -0.1) is 0 Å². The third kappa shape index (κ3) is 2.77. The van der Waals surface area contributed by atoms with Crippen LogP contribution in [0.1, 0.15) is 5.56 Å². The number of nitrogen functional groups attached to an aromatic ring is 1. The normalized spacial score (nSPS) is 10.3. The molecule has 0 radical (unpaired) electrons. The van der Waals surface area contributed by atoms with Crippen LogP contribution in [-0.2, 0) is 0 Å². The average Bonchev–Trinajstić information content (AvgIpc) is 2.26. The highest BCUT2D eigenvalue weighted by molar-refractivity contribution is 9.10. The highest BCUT2D eigenvalue weighted by Gasteiger charge is 2.05. The fourth-order valence-electron chi connectivity index (χ4n) is 1.55. The SMILES string of the molecule is Cc1cc(Br)c(F)cc1Nc1cccc(N)c1. The molecule has 0 spiro atoms. The van der Waals surface area contributed by atoms with E-state index in [1.54, 1.807) is 18.2 Å². The molecule has 3 N–H and O–H groups in total. The van der Waals surface area contributed by atoms with Crippen molar-refractivity contribution in [2.24, 2.45) is 0 Å². The van der Waals surface area contributed by atoms with Gasteiger partial charge in [0.1, 0.15) is 5.82 Å². The quantitative estimate of drug-likeness (QED) is 0.814. The Morgan fingerprint density at radius 2 is 2.00 bits per heavy atom. The molecule has 0 aliphatic heterocycles. The van der Waals surface area contributed by atoms with Crippen LogP contribution >= 0.6 is 15.9 Å². The summed E-state index contributed by atoms with van der Waals surface area (Å²) in [6.07, 6.45) is 0. The maximum absolute atomic E-state index is 13.4. The molecule has 2 nitrogen and oxygen atoms in total. The molecule has 0 unspecified atom stereocenters. The van der Waals surface area contributed by atoms with Crippen LogP contribution in [0.25, 0.3) is 0 Å². The number of anilines is 3. The summed E-state index contributed by atoms with van der Waals surface area (Å²) in [6, 6.07) is 10.5. The van der Waals surface area contributed by atoms with Gasteiger partial charge in [-0.25, -0.2) is 4.39 Å². The number of halogens is 2. The van der Waals surface area contributed by atoms with Crippen LogP contribution in [0.4, 0.5) is 21.5 Å². The molecular formula is C13H12BrFN2. The molecule has 0 heterocycles. The zero-order valence-corrected chi connectivity index (χ0v) is 10.9. The van der Waals surface area contributed by atoms with E-state index in [9.17, 15) is 4.39 Å². The van der Waals surface area contributed by atoms with E-state index in [4.69, 9.17) is 5.73 Å². The van der Waals surface area contributed by atoms with Crippen LogP contribution in [0.5, 0.6) is 0 Å². The summed E-state index contributed by atoms with van der Waals surface area (Å²) in [5.41, 5.74) is 8.89. The summed E-state index contributed by atoms with van der Waals surface area (Å²) in [5.74, 6) is -0.290. The first-order valence-electron chi connectivity index (χ1n) is 5.14. The molecule has 0 aliphatic rings. The minimum absolute atomic E-state index is 0.290. The van der Waals surface area contributed by atoms with Gasteiger partial charge in [0.2, 0.25) is 0 Å².